The van der Waals surface area contributed by atoms with E-state index < -0.39 is 0 Å². The summed E-state index contributed by atoms with van der Waals surface area (Å²) in [6.45, 7) is 6.63. The third-order valence-corrected chi connectivity index (χ3v) is 2.50. The molecule has 0 saturated carbocycles. The zero-order valence-electron chi connectivity index (χ0n) is 10.6. The number of amides is 1. The number of carbonyl (C=O) groups excluding carboxylic acids is 1. The molecular weight excluding hydrogens is 212 g/mol. The molecule has 0 bridgehead atoms. The molecule has 0 fully saturated rings. The van der Waals surface area contributed by atoms with E-state index in [1.807, 2.05) is 30.3 Å². The Kier molecular flexibility index (Phi) is 4.28. The molecule has 90 valence electrons. The van der Waals surface area contributed by atoms with Crippen molar-refractivity contribution < 1.29 is 4.79 Å². The van der Waals surface area contributed by atoms with Gasteiger partial charge < -0.3 is 5.32 Å². The molecule has 1 aromatic rings. The van der Waals surface area contributed by atoms with Crippen LogP contribution >= 0.6 is 0 Å². The number of hydrogen-bond donors (Lipinski definition) is 1. The summed E-state index contributed by atoms with van der Waals surface area (Å²) in [4.78, 5) is 12.0. The normalized spacial score (nSPS) is 10.7. The molecule has 0 saturated heterocycles. The standard InChI is InChI=1S/C14H18N2O/c1-14(2,3)12-8-5-4-7-11(12)13(17)16-10-6-9-15/h4-5,7-8H,6,10H2,1-3H3,(H,16,17). The van der Waals surface area contributed by atoms with Crippen molar-refractivity contribution in [2.45, 2.75) is 32.6 Å². The van der Waals surface area contributed by atoms with E-state index in [2.05, 4.69) is 26.1 Å². The maximum atomic E-state index is 12.0. The Bertz CT molecular complexity index is 438. The van der Waals surface area contributed by atoms with Gasteiger partial charge in [0.15, 0.2) is 0 Å². The van der Waals surface area contributed by atoms with Crippen LogP contribution in [0.3, 0.4) is 0 Å². The Morgan fingerprint density at radius 2 is 2.00 bits per heavy atom. The van der Waals surface area contributed by atoms with E-state index in [1.165, 1.54) is 0 Å². The number of carbonyl (C=O) groups is 1. The Balaban J connectivity index is 2.91. The van der Waals surface area contributed by atoms with Gasteiger partial charge in [-0.2, -0.15) is 5.26 Å². The quantitative estimate of drug-likeness (QED) is 0.811. The zero-order valence-corrected chi connectivity index (χ0v) is 10.6. The third kappa shape index (κ3) is 3.60. The minimum absolute atomic E-state index is 0.0663. The molecule has 0 aliphatic heterocycles. The lowest BCUT2D eigenvalue weighted by molar-refractivity contribution is 0.0952. The molecule has 1 amide bonds. The van der Waals surface area contributed by atoms with Crippen molar-refractivity contribution in [2.24, 2.45) is 0 Å². The fourth-order valence-electron chi connectivity index (χ4n) is 1.66. The molecule has 0 atom stereocenters. The number of nitrogens with one attached hydrogen (secondary N) is 1. The van der Waals surface area contributed by atoms with Gasteiger partial charge in [-0.15, -0.1) is 0 Å². The van der Waals surface area contributed by atoms with E-state index >= 15 is 0 Å². The maximum Gasteiger partial charge on any atom is 0.251 e. The highest BCUT2D eigenvalue weighted by atomic mass is 16.1. The summed E-state index contributed by atoms with van der Waals surface area (Å²) >= 11 is 0. The van der Waals surface area contributed by atoms with Crippen LogP contribution in [0.25, 0.3) is 0 Å². The van der Waals surface area contributed by atoms with Crippen LogP contribution < -0.4 is 5.32 Å². The first-order valence-electron chi connectivity index (χ1n) is 5.71. The fourth-order valence-corrected chi connectivity index (χ4v) is 1.66. The van der Waals surface area contributed by atoms with E-state index in [-0.39, 0.29) is 11.3 Å². The highest BCUT2D eigenvalue weighted by Crippen LogP contribution is 2.25. The smallest absolute Gasteiger partial charge is 0.251 e. The van der Waals surface area contributed by atoms with E-state index in [4.69, 9.17) is 5.26 Å². The lowest BCUT2D eigenvalue weighted by atomic mass is 9.83. The second-order valence-corrected chi connectivity index (χ2v) is 4.96. The van der Waals surface area contributed by atoms with Gasteiger partial charge in [-0.1, -0.05) is 39.0 Å². The van der Waals surface area contributed by atoms with Crippen LogP contribution in [0.2, 0.25) is 0 Å². The van der Waals surface area contributed by atoms with Crippen molar-refractivity contribution in [3.05, 3.63) is 35.4 Å². The monoisotopic (exact) mass is 230 g/mol. The van der Waals surface area contributed by atoms with Gasteiger partial charge in [0.2, 0.25) is 0 Å². The molecule has 0 aliphatic rings. The largest absolute Gasteiger partial charge is 0.351 e. The summed E-state index contributed by atoms with van der Waals surface area (Å²) in [5.74, 6) is -0.106. The Labute approximate surface area is 102 Å². The number of nitrogens with zero attached hydrogens (tertiary/aromatic N) is 1. The van der Waals surface area contributed by atoms with Gasteiger partial charge in [-0.05, 0) is 17.0 Å². The first-order valence-corrected chi connectivity index (χ1v) is 5.71. The molecule has 0 heterocycles. The summed E-state index contributed by atoms with van der Waals surface area (Å²) < 4.78 is 0. The topological polar surface area (TPSA) is 52.9 Å². The molecule has 1 rings (SSSR count). The molecule has 17 heavy (non-hydrogen) atoms. The van der Waals surface area contributed by atoms with Crippen LogP contribution in [0.4, 0.5) is 0 Å². The van der Waals surface area contributed by atoms with Crippen molar-refractivity contribution in [1.29, 1.82) is 5.26 Å². The molecular formula is C14H18N2O. The minimum atomic E-state index is -0.106. The number of rotatable bonds is 3. The molecule has 0 radical (unpaired) electrons. The van der Waals surface area contributed by atoms with Crippen molar-refractivity contribution in [3.63, 3.8) is 0 Å². The van der Waals surface area contributed by atoms with Crippen molar-refractivity contribution in [3.8, 4) is 6.07 Å². The van der Waals surface area contributed by atoms with Crippen LogP contribution in [0.1, 0.15) is 43.1 Å². The van der Waals surface area contributed by atoms with Gasteiger partial charge in [-0.25, -0.2) is 0 Å². The lowest BCUT2D eigenvalue weighted by Crippen LogP contribution is -2.27. The van der Waals surface area contributed by atoms with Crippen LogP contribution in [-0.2, 0) is 5.41 Å². The predicted molar refractivity (Wildman–Crippen MR) is 67.7 cm³/mol. The summed E-state index contributed by atoms with van der Waals surface area (Å²) in [5, 5.41) is 11.2. The molecule has 0 aromatic heterocycles. The van der Waals surface area contributed by atoms with E-state index in [1.54, 1.807) is 0 Å². The minimum Gasteiger partial charge on any atom is -0.351 e. The average Bonchev–Trinajstić information content (AvgIpc) is 2.28. The SMILES string of the molecule is CC(C)(C)c1ccccc1C(=O)NCCC#N. The highest BCUT2D eigenvalue weighted by Gasteiger charge is 2.20. The van der Waals surface area contributed by atoms with Crippen molar-refractivity contribution in [2.75, 3.05) is 6.54 Å². The summed E-state index contributed by atoms with van der Waals surface area (Å²) in [6, 6.07) is 9.59. The molecule has 0 spiro atoms. The van der Waals surface area contributed by atoms with E-state index in [0.29, 0.717) is 18.5 Å². The first kappa shape index (κ1) is 13.2. The van der Waals surface area contributed by atoms with Crippen LogP contribution in [0.15, 0.2) is 24.3 Å². The van der Waals surface area contributed by atoms with Gasteiger partial charge in [0, 0.05) is 12.1 Å². The summed E-state index contributed by atoms with van der Waals surface area (Å²) in [5.41, 5.74) is 1.65. The lowest BCUT2D eigenvalue weighted by Gasteiger charge is -2.22. The molecule has 1 N–H and O–H groups in total. The predicted octanol–water partition coefficient (Wildman–Crippen LogP) is 2.63. The van der Waals surface area contributed by atoms with E-state index in [9.17, 15) is 4.79 Å². The Hall–Kier alpha value is -1.82. The van der Waals surface area contributed by atoms with Gasteiger partial charge in [-0.3, -0.25) is 4.79 Å². The molecule has 1 aromatic carbocycles. The second-order valence-electron chi connectivity index (χ2n) is 4.96. The molecule has 3 heteroatoms. The highest BCUT2D eigenvalue weighted by molar-refractivity contribution is 5.96. The summed E-state index contributed by atoms with van der Waals surface area (Å²) in [7, 11) is 0. The van der Waals surface area contributed by atoms with Crippen molar-refractivity contribution in [1.82, 2.24) is 5.32 Å². The Morgan fingerprint density at radius 3 is 2.59 bits per heavy atom. The van der Waals surface area contributed by atoms with Crippen LogP contribution in [-0.4, -0.2) is 12.5 Å². The van der Waals surface area contributed by atoms with Gasteiger partial charge >= 0.3 is 0 Å². The zero-order chi connectivity index (χ0) is 12.9. The fraction of sp³-hybridized carbons (Fsp3) is 0.429. The summed E-state index contributed by atoms with van der Waals surface area (Å²) in [6.07, 6.45) is 0.337. The average molecular weight is 230 g/mol. The second kappa shape index (κ2) is 5.49. The third-order valence-electron chi connectivity index (χ3n) is 2.50. The van der Waals surface area contributed by atoms with Crippen LogP contribution in [0.5, 0.6) is 0 Å². The van der Waals surface area contributed by atoms with Crippen molar-refractivity contribution >= 4 is 5.91 Å². The molecule has 0 aliphatic carbocycles. The first-order chi connectivity index (χ1) is 7.96. The van der Waals surface area contributed by atoms with E-state index in [0.717, 1.165) is 5.56 Å². The van der Waals surface area contributed by atoms with Crippen LogP contribution in [0, 0.1) is 11.3 Å². The van der Waals surface area contributed by atoms with Gasteiger partial charge in [0.1, 0.15) is 0 Å². The number of nitriles is 1. The van der Waals surface area contributed by atoms with Gasteiger partial charge in [0.05, 0.1) is 12.5 Å². The van der Waals surface area contributed by atoms with Gasteiger partial charge in [0.25, 0.3) is 5.91 Å². The Morgan fingerprint density at radius 1 is 1.35 bits per heavy atom. The molecule has 3 nitrogen and oxygen atoms in total. The maximum absolute atomic E-state index is 12.0. The number of benzene rings is 1. The molecule has 0 unspecified atom stereocenters. The number of hydrogen-bond acceptors (Lipinski definition) is 2.